The summed E-state index contributed by atoms with van der Waals surface area (Å²) in [5, 5.41) is 12.0. The van der Waals surface area contributed by atoms with Crippen LogP contribution in [0, 0.1) is 0 Å². The fraction of sp³-hybridized carbons (Fsp3) is 0.455. The van der Waals surface area contributed by atoms with Gasteiger partial charge in [0.25, 0.3) is 0 Å². The van der Waals surface area contributed by atoms with Gasteiger partial charge in [-0.05, 0) is 25.1 Å². The smallest absolute Gasteiger partial charge is 0.0606 e. The highest BCUT2D eigenvalue weighted by Gasteiger charge is 2.02. The summed E-state index contributed by atoms with van der Waals surface area (Å²) >= 11 is 0. The fourth-order valence-electron chi connectivity index (χ4n) is 1.45. The molecule has 0 aliphatic carbocycles. The lowest BCUT2D eigenvalue weighted by Crippen LogP contribution is -2.26. The summed E-state index contributed by atoms with van der Waals surface area (Å²) in [6.07, 6.45) is 0. The summed E-state index contributed by atoms with van der Waals surface area (Å²) in [6.45, 7) is 3.87. The second kappa shape index (κ2) is 5.50. The number of likely N-dealkylation sites (N-methyl/N-ethyl adjacent to an activating group) is 1. The first-order valence-corrected chi connectivity index (χ1v) is 4.95. The van der Waals surface area contributed by atoms with Crippen molar-refractivity contribution in [2.45, 2.75) is 6.92 Å². The Morgan fingerprint density at radius 1 is 1.43 bits per heavy atom. The highest BCUT2D eigenvalue weighted by molar-refractivity contribution is 5.57. The Hall–Kier alpha value is -1.22. The van der Waals surface area contributed by atoms with Crippen LogP contribution in [0.3, 0.4) is 0 Å². The summed E-state index contributed by atoms with van der Waals surface area (Å²) in [4.78, 5) is 2.14. The second-order valence-electron chi connectivity index (χ2n) is 3.10. The van der Waals surface area contributed by atoms with E-state index in [1.807, 2.05) is 19.2 Å². The first kappa shape index (κ1) is 10.9. The van der Waals surface area contributed by atoms with Gasteiger partial charge in [-0.3, -0.25) is 0 Å². The van der Waals surface area contributed by atoms with Crippen molar-refractivity contribution in [3.63, 3.8) is 0 Å². The normalized spacial score (nSPS) is 9.93. The first-order chi connectivity index (χ1) is 6.81. The van der Waals surface area contributed by atoms with Gasteiger partial charge >= 0.3 is 0 Å². The number of rotatable bonds is 5. The minimum absolute atomic E-state index is 0.192. The fourth-order valence-corrected chi connectivity index (χ4v) is 1.45. The van der Waals surface area contributed by atoms with Crippen molar-refractivity contribution < 1.29 is 5.11 Å². The molecule has 1 aromatic carbocycles. The van der Waals surface area contributed by atoms with Crippen molar-refractivity contribution in [1.29, 1.82) is 0 Å². The maximum absolute atomic E-state index is 8.90. The van der Waals surface area contributed by atoms with Crippen LogP contribution in [0.1, 0.15) is 6.92 Å². The number of nitrogens with one attached hydrogen (secondary N) is 1. The molecule has 78 valence electrons. The van der Waals surface area contributed by atoms with Gasteiger partial charge in [-0.2, -0.15) is 0 Å². The number of benzene rings is 1. The molecule has 0 unspecified atom stereocenters. The highest BCUT2D eigenvalue weighted by Crippen LogP contribution is 2.18. The molecule has 0 saturated carbocycles. The average Bonchev–Trinajstić information content (AvgIpc) is 2.26. The van der Waals surface area contributed by atoms with E-state index in [-0.39, 0.29) is 6.61 Å². The zero-order chi connectivity index (χ0) is 10.4. The minimum Gasteiger partial charge on any atom is -0.395 e. The molecule has 1 rings (SSSR count). The summed E-state index contributed by atoms with van der Waals surface area (Å²) in [7, 11) is 1.90. The third-order valence-electron chi connectivity index (χ3n) is 2.25. The van der Waals surface area contributed by atoms with Crippen molar-refractivity contribution in [3.8, 4) is 0 Å². The van der Waals surface area contributed by atoms with Crippen LogP contribution >= 0.6 is 0 Å². The molecule has 14 heavy (non-hydrogen) atoms. The number of aliphatic hydroxyl groups is 1. The van der Waals surface area contributed by atoms with Gasteiger partial charge < -0.3 is 15.3 Å². The molecule has 0 bridgehead atoms. The van der Waals surface area contributed by atoms with Crippen LogP contribution in [0.4, 0.5) is 11.4 Å². The Bertz CT molecular complexity index is 276. The predicted molar refractivity (Wildman–Crippen MR) is 61.0 cm³/mol. The van der Waals surface area contributed by atoms with E-state index < -0.39 is 0 Å². The molecular formula is C11H18N2O. The molecule has 0 fully saturated rings. The van der Waals surface area contributed by atoms with Crippen molar-refractivity contribution in [3.05, 3.63) is 24.3 Å². The van der Waals surface area contributed by atoms with Crippen LogP contribution < -0.4 is 10.2 Å². The van der Waals surface area contributed by atoms with E-state index in [1.165, 1.54) is 0 Å². The quantitative estimate of drug-likeness (QED) is 0.746. The molecule has 0 aliphatic rings. The number of hydrogen-bond donors (Lipinski definition) is 2. The molecule has 3 nitrogen and oxygen atoms in total. The summed E-state index contributed by atoms with van der Waals surface area (Å²) in [6, 6.07) is 8.18. The van der Waals surface area contributed by atoms with Crippen molar-refractivity contribution >= 4 is 11.4 Å². The Labute approximate surface area is 85.4 Å². The molecule has 0 aliphatic heterocycles. The van der Waals surface area contributed by atoms with Crippen molar-refractivity contribution in [1.82, 2.24) is 0 Å². The highest BCUT2D eigenvalue weighted by atomic mass is 16.3. The second-order valence-corrected chi connectivity index (χ2v) is 3.10. The molecule has 3 heteroatoms. The van der Waals surface area contributed by atoms with Gasteiger partial charge in [0.2, 0.25) is 0 Å². The molecule has 0 heterocycles. The molecule has 0 spiro atoms. The lowest BCUT2D eigenvalue weighted by Gasteiger charge is -2.22. The number of anilines is 2. The third kappa shape index (κ3) is 2.64. The van der Waals surface area contributed by atoms with Gasteiger partial charge in [0, 0.05) is 31.5 Å². The van der Waals surface area contributed by atoms with E-state index in [0.717, 1.165) is 17.9 Å². The topological polar surface area (TPSA) is 35.5 Å². The molecule has 0 radical (unpaired) electrons. The largest absolute Gasteiger partial charge is 0.395 e. The van der Waals surface area contributed by atoms with Gasteiger partial charge in [-0.25, -0.2) is 0 Å². The van der Waals surface area contributed by atoms with Crippen molar-refractivity contribution in [2.75, 3.05) is 37.0 Å². The van der Waals surface area contributed by atoms with Gasteiger partial charge in [0.05, 0.1) is 6.61 Å². The number of hydrogen-bond acceptors (Lipinski definition) is 3. The van der Waals surface area contributed by atoms with E-state index >= 15 is 0 Å². The van der Waals surface area contributed by atoms with E-state index in [4.69, 9.17) is 5.11 Å². The lowest BCUT2D eigenvalue weighted by molar-refractivity contribution is 0.302. The zero-order valence-corrected chi connectivity index (χ0v) is 8.83. The third-order valence-corrected chi connectivity index (χ3v) is 2.25. The van der Waals surface area contributed by atoms with E-state index in [9.17, 15) is 0 Å². The molecule has 0 aromatic heterocycles. The Kier molecular flexibility index (Phi) is 4.26. The van der Waals surface area contributed by atoms with Crippen LogP contribution in [-0.4, -0.2) is 31.9 Å². The zero-order valence-electron chi connectivity index (χ0n) is 8.83. The van der Waals surface area contributed by atoms with Crippen LogP contribution in [0.15, 0.2) is 24.3 Å². The maximum Gasteiger partial charge on any atom is 0.0606 e. The summed E-state index contributed by atoms with van der Waals surface area (Å²) in [5.74, 6) is 0. The molecule has 1 aromatic rings. The molecule has 0 atom stereocenters. The van der Waals surface area contributed by atoms with Crippen molar-refractivity contribution in [2.24, 2.45) is 0 Å². The van der Waals surface area contributed by atoms with Crippen LogP contribution in [0.2, 0.25) is 0 Å². The van der Waals surface area contributed by atoms with E-state index in [2.05, 4.69) is 29.3 Å². The lowest BCUT2D eigenvalue weighted by atomic mass is 10.2. The summed E-state index contributed by atoms with van der Waals surface area (Å²) < 4.78 is 0. The maximum atomic E-state index is 8.90. The van der Waals surface area contributed by atoms with Crippen LogP contribution in [-0.2, 0) is 0 Å². The molecule has 0 amide bonds. The van der Waals surface area contributed by atoms with Gasteiger partial charge in [0.1, 0.15) is 0 Å². The van der Waals surface area contributed by atoms with E-state index in [1.54, 1.807) is 0 Å². The summed E-state index contributed by atoms with van der Waals surface area (Å²) in [5.41, 5.74) is 2.24. The molecule has 0 saturated heterocycles. The Morgan fingerprint density at radius 2 is 2.21 bits per heavy atom. The molecule has 2 N–H and O–H groups in total. The van der Waals surface area contributed by atoms with Crippen LogP contribution in [0.25, 0.3) is 0 Å². The molecular weight excluding hydrogens is 176 g/mol. The van der Waals surface area contributed by atoms with Crippen LogP contribution in [0.5, 0.6) is 0 Å². The Balaban J connectivity index is 2.80. The van der Waals surface area contributed by atoms with Gasteiger partial charge in [0.15, 0.2) is 0 Å². The monoisotopic (exact) mass is 194 g/mol. The average molecular weight is 194 g/mol. The SMILES string of the molecule is CCN(CCO)c1cccc(NC)c1. The Morgan fingerprint density at radius 3 is 2.79 bits per heavy atom. The predicted octanol–water partition coefficient (Wildman–Crippen LogP) is 1.55. The van der Waals surface area contributed by atoms with E-state index in [0.29, 0.717) is 6.54 Å². The minimum atomic E-state index is 0.192. The standard InChI is InChI=1S/C11H18N2O/c1-3-13(7-8-14)11-6-4-5-10(9-11)12-2/h4-6,9,12,14H,3,7-8H2,1-2H3. The number of aliphatic hydroxyl groups excluding tert-OH is 1. The van der Waals surface area contributed by atoms with Gasteiger partial charge in [-0.1, -0.05) is 6.07 Å². The first-order valence-electron chi connectivity index (χ1n) is 4.95. The van der Waals surface area contributed by atoms with Gasteiger partial charge in [-0.15, -0.1) is 0 Å². The number of nitrogens with zero attached hydrogens (tertiary/aromatic N) is 1.